The molecule has 1 aromatic heterocycles. The molecule has 1 spiro atoms. The summed E-state index contributed by atoms with van der Waals surface area (Å²) >= 11 is 0. The van der Waals surface area contributed by atoms with E-state index in [2.05, 4.69) is 6.07 Å². The molecule has 0 unspecified atom stereocenters. The second-order valence-corrected chi connectivity index (χ2v) is 5.24. The molecule has 2 heterocycles. The molecule has 0 radical (unpaired) electrons. The van der Waals surface area contributed by atoms with Crippen molar-refractivity contribution in [2.45, 2.75) is 37.7 Å². The Bertz CT molecular complexity index is 611. The molecule has 3 rings (SSSR count). The molecule has 1 aliphatic heterocycles. The Balaban J connectivity index is 1.99. The molecule has 4 heteroatoms. The van der Waals surface area contributed by atoms with Crippen LogP contribution >= 0.6 is 0 Å². The van der Waals surface area contributed by atoms with Gasteiger partial charge in [-0.25, -0.2) is 0 Å². The van der Waals surface area contributed by atoms with Crippen molar-refractivity contribution in [3.05, 3.63) is 41.4 Å². The van der Waals surface area contributed by atoms with Gasteiger partial charge in [-0.1, -0.05) is 6.42 Å². The van der Waals surface area contributed by atoms with Gasteiger partial charge in [-0.15, -0.1) is 0 Å². The lowest BCUT2D eigenvalue weighted by atomic mass is 9.78. The Morgan fingerprint density at radius 2 is 2.05 bits per heavy atom. The highest BCUT2D eigenvalue weighted by atomic mass is 16.5. The van der Waals surface area contributed by atoms with Crippen molar-refractivity contribution < 1.29 is 9.15 Å². The number of furan rings is 1. The first-order valence-corrected chi connectivity index (χ1v) is 6.89. The van der Waals surface area contributed by atoms with Crippen molar-refractivity contribution in [3.8, 4) is 6.07 Å². The molecule has 0 amide bonds. The Labute approximate surface area is 117 Å². The average molecular weight is 268 g/mol. The minimum Gasteiger partial charge on any atom is -0.466 e. The third-order valence-electron chi connectivity index (χ3n) is 4.02. The summed E-state index contributed by atoms with van der Waals surface area (Å²) in [7, 11) is 0. The van der Waals surface area contributed by atoms with Gasteiger partial charge < -0.3 is 9.15 Å². The number of ether oxygens (including phenoxy) is 1. The number of nitriles is 1. The highest BCUT2D eigenvalue weighted by molar-refractivity contribution is 6.00. The molecule has 1 N–H and O–H groups in total. The summed E-state index contributed by atoms with van der Waals surface area (Å²) in [5.74, 6) is 0.743. The lowest BCUT2D eigenvalue weighted by Gasteiger charge is -2.34. The fourth-order valence-corrected chi connectivity index (χ4v) is 3.04. The van der Waals surface area contributed by atoms with Gasteiger partial charge in [-0.05, 0) is 50.0 Å². The molecule has 0 bridgehead atoms. The van der Waals surface area contributed by atoms with Crippen LogP contribution in [0.4, 0.5) is 0 Å². The number of hydrogen-bond donors (Lipinski definition) is 1. The van der Waals surface area contributed by atoms with Crippen molar-refractivity contribution in [2.75, 3.05) is 0 Å². The van der Waals surface area contributed by atoms with Gasteiger partial charge in [0.15, 0.2) is 0 Å². The maximum Gasteiger partial charge on any atom is 0.225 e. The molecule has 1 saturated carbocycles. The van der Waals surface area contributed by atoms with E-state index in [-0.39, 0.29) is 5.90 Å². The van der Waals surface area contributed by atoms with Crippen molar-refractivity contribution in [3.63, 3.8) is 0 Å². The topological polar surface area (TPSA) is 70.0 Å². The zero-order valence-electron chi connectivity index (χ0n) is 11.2. The molecule has 1 fully saturated rings. The average Bonchev–Trinajstić information content (AvgIpc) is 3.04. The summed E-state index contributed by atoms with van der Waals surface area (Å²) in [6.45, 7) is 0. The number of rotatable bonds is 2. The Morgan fingerprint density at radius 3 is 2.70 bits per heavy atom. The zero-order valence-corrected chi connectivity index (χ0v) is 11.2. The Hall–Kier alpha value is -2.28. The summed E-state index contributed by atoms with van der Waals surface area (Å²) in [5.41, 5.74) is 0.722. The van der Waals surface area contributed by atoms with E-state index in [1.165, 1.54) is 6.42 Å². The van der Waals surface area contributed by atoms with Crippen LogP contribution in [-0.2, 0) is 4.74 Å². The molecule has 1 aliphatic carbocycles. The van der Waals surface area contributed by atoms with Gasteiger partial charge in [-0.3, -0.25) is 5.41 Å². The maximum absolute atomic E-state index is 9.29. The van der Waals surface area contributed by atoms with Crippen LogP contribution in [0.25, 0.3) is 6.08 Å². The molecule has 1 aromatic rings. The van der Waals surface area contributed by atoms with Crippen LogP contribution in [0.5, 0.6) is 0 Å². The van der Waals surface area contributed by atoms with Crippen molar-refractivity contribution in [2.24, 2.45) is 0 Å². The van der Waals surface area contributed by atoms with Gasteiger partial charge in [0.25, 0.3) is 0 Å². The number of hydrogen-bond acceptors (Lipinski definition) is 4. The molecular formula is C16H16N2O2. The summed E-state index contributed by atoms with van der Waals surface area (Å²) in [4.78, 5) is 0. The van der Waals surface area contributed by atoms with Gasteiger partial charge in [0.1, 0.15) is 23.0 Å². The molecule has 0 aromatic carbocycles. The van der Waals surface area contributed by atoms with Crippen LogP contribution in [0.1, 0.15) is 37.9 Å². The molecule has 102 valence electrons. The van der Waals surface area contributed by atoms with E-state index in [9.17, 15) is 5.26 Å². The van der Waals surface area contributed by atoms with Crippen LogP contribution in [0.2, 0.25) is 0 Å². The summed E-state index contributed by atoms with van der Waals surface area (Å²) in [6, 6.07) is 5.79. The first kappa shape index (κ1) is 12.7. The van der Waals surface area contributed by atoms with Crippen LogP contribution in [-0.4, -0.2) is 11.5 Å². The van der Waals surface area contributed by atoms with E-state index in [0.717, 1.165) is 37.0 Å². The third-order valence-corrected chi connectivity index (χ3v) is 4.02. The van der Waals surface area contributed by atoms with E-state index in [4.69, 9.17) is 14.6 Å². The second-order valence-electron chi connectivity index (χ2n) is 5.24. The molecule has 0 saturated heterocycles. The van der Waals surface area contributed by atoms with E-state index < -0.39 is 5.60 Å². The van der Waals surface area contributed by atoms with Crippen LogP contribution in [0, 0.1) is 16.7 Å². The van der Waals surface area contributed by atoms with Crippen molar-refractivity contribution in [1.29, 1.82) is 10.7 Å². The number of nitrogens with zero attached hydrogens (tertiary/aromatic N) is 1. The summed E-state index contributed by atoms with van der Waals surface area (Å²) < 4.78 is 11.1. The van der Waals surface area contributed by atoms with Gasteiger partial charge in [0.2, 0.25) is 5.90 Å². The zero-order chi connectivity index (χ0) is 14.0. The normalized spacial score (nSPS) is 21.4. The first-order valence-electron chi connectivity index (χ1n) is 6.89. The van der Waals surface area contributed by atoms with Crippen LogP contribution in [0.3, 0.4) is 0 Å². The molecule has 4 nitrogen and oxygen atoms in total. The van der Waals surface area contributed by atoms with E-state index >= 15 is 0 Å². The summed E-state index contributed by atoms with van der Waals surface area (Å²) in [5, 5.41) is 17.2. The third kappa shape index (κ3) is 2.05. The largest absolute Gasteiger partial charge is 0.466 e. The lowest BCUT2D eigenvalue weighted by molar-refractivity contribution is 0.0679. The molecule has 0 atom stereocenters. The Morgan fingerprint density at radius 1 is 1.25 bits per heavy atom. The predicted molar refractivity (Wildman–Crippen MR) is 75.0 cm³/mol. The molecule has 2 aliphatic rings. The fraction of sp³-hybridized carbons (Fsp3) is 0.375. The minimum atomic E-state index is -0.469. The minimum absolute atomic E-state index is 0.00787. The van der Waals surface area contributed by atoms with Gasteiger partial charge in [-0.2, -0.15) is 5.26 Å². The lowest BCUT2D eigenvalue weighted by Crippen LogP contribution is -2.33. The van der Waals surface area contributed by atoms with E-state index in [0.29, 0.717) is 5.57 Å². The fourth-order valence-electron chi connectivity index (χ4n) is 3.04. The smallest absolute Gasteiger partial charge is 0.225 e. The first-order chi connectivity index (χ1) is 9.75. The summed E-state index contributed by atoms with van der Waals surface area (Å²) in [6.07, 6.45) is 10.4. The predicted octanol–water partition coefficient (Wildman–Crippen LogP) is 3.82. The number of nitrogens with one attached hydrogen (secondary N) is 1. The van der Waals surface area contributed by atoms with Crippen LogP contribution in [0.15, 0.2) is 40.0 Å². The highest BCUT2D eigenvalue weighted by Gasteiger charge is 2.45. The molecular weight excluding hydrogens is 252 g/mol. The van der Waals surface area contributed by atoms with Gasteiger partial charge >= 0.3 is 0 Å². The van der Waals surface area contributed by atoms with Crippen molar-refractivity contribution >= 4 is 12.0 Å². The standard InChI is InChI=1S/C16H16N2O2/c17-11-13-14(7-6-12-5-4-10-19-12)16(20-15(13)18)8-2-1-3-9-16/h4-7,10,18H,1-3,8-9H2/b7-6+,18-15?. The maximum atomic E-state index is 9.29. The Kier molecular flexibility index (Phi) is 3.19. The van der Waals surface area contributed by atoms with E-state index in [1.807, 2.05) is 24.3 Å². The second kappa shape index (κ2) is 5.01. The highest BCUT2D eigenvalue weighted by Crippen LogP contribution is 2.44. The van der Waals surface area contributed by atoms with Gasteiger partial charge in [0.05, 0.1) is 6.26 Å². The SMILES string of the molecule is N#CC1=C(/C=C/c2ccco2)C2(CCCCC2)OC1=N. The van der Waals surface area contributed by atoms with Crippen LogP contribution < -0.4 is 0 Å². The molecule has 20 heavy (non-hydrogen) atoms. The monoisotopic (exact) mass is 268 g/mol. The van der Waals surface area contributed by atoms with E-state index in [1.54, 1.807) is 6.26 Å². The van der Waals surface area contributed by atoms with Crippen molar-refractivity contribution in [1.82, 2.24) is 0 Å². The quantitative estimate of drug-likeness (QED) is 0.886. The van der Waals surface area contributed by atoms with Gasteiger partial charge in [0, 0.05) is 5.57 Å².